The van der Waals surface area contributed by atoms with Crippen LogP contribution in [0.15, 0.2) is 115 Å². The van der Waals surface area contributed by atoms with Crippen LogP contribution in [-0.4, -0.2) is 0 Å². The van der Waals surface area contributed by atoms with Gasteiger partial charge in [0.25, 0.3) is 0 Å². The summed E-state index contributed by atoms with van der Waals surface area (Å²) >= 11 is 6.23. The van der Waals surface area contributed by atoms with Crippen LogP contribution < -0.4 is 0 Å². The Kier molecular flexibility index (Phi) is 4.94. The molecule has 0 saturated heterocycles. The highest BCUT2D eigenvalue weighted by atomic mass is 35.5. The minimum atomic E-state index is 0.00480. The third kappa shape index (κ3) is 3.47. The Morgan fingerprint density at radius 3 is 1.56 bits per heavy atom. The third-order valence-corrected chi connectivity index (χ3v) is 7.37. The first-order chi connectivity index (χ1) is 16.5. The van der Waals surface area contributed by atoms with Crippen LogP contribution in [0.2, 0.25) is 5.02 Å². The molecule has 0 amide bonds. The normalized spacial score (nSPS) is 13.4. The largest absolute Gasteiger partial charge is 0.0843 e. The molecule has 0 heterocycles. The Balaban J connectivity index is 1.40. The van der Waals surface area contributed by atoms with Crippen LogP contribution in [0.25, 0.3) is 44.5 Å². The van der Waals surface area contributed by atoms with Gasteiger partial charge in [0.05, 0.1) is 0 Å². The molecule has 0 radical (unpaired) electrons. The number of hydrogen-bond donors (Lipinski definition) is 0. The van der Waals surface area contributed by atoms with Gasteiger partial charge in [-0.1, -0.05) is 110 Å². The maximum atomic E-state index is 6.23. The second kappa shape index (κ2) is 8.01. The second-order valence-electron chi connectivity index (χ2n) is 9.60. The molecule has 1 aliphatic carbocycles. The monoisotopic (exact) mass is 456 g/mol. The summed E-state index contributed by atoms with van der Waals surface area (Å²) in [5.74, 6) is 0. The molecule has 164 valence electrons. The number of fused-ring (bicyclic) bond motifs is 3. The van der Waals surface area contributed by atoms with E-state index in [1.54, 1.807) is 0 Å². The van der Waals surface area contributed by atoms with Gasteiger partial charge in [-0.15, -0.1) is 0 Å². The van der Waals surface area contributed by atoms with Crippen LogP contribution in [0.1, 0.15) is 25.0 Å². The molecule has 0 aliphatic heterocycles. The molecule has 0 atom stereocenters. The number of hydrogen-bond acceptors (Lipinski definition) is 0. The number of benzene rings is 5. The minimum absolute atomic E-state index is 0.00480. The van der Waals surface area contributed by atoms with E-state index in [9.17, 15) is 0 Å². The fourth-order valence-corrected chi connectivity index (χ4v) is 5.50. The van der Waals surface area contributed by atoms with E-state index < -0.39 is 0 Å². The lowest BCUT2D eigenvalue weighted by Gasteiger charge is -2.22. The summed E-state index contributed by atoms with van der Waals surface area (Å²) in [5.41, 5.74) is 12.7. The molecule has 0 aromatic heterocycles. The number of halogens is 1. The van der Waals surface area contributed by atoms with Crippen molar-refractivity contribution in [2.45, 2.75) is 19.3 Å². The third-order valence-electron chi connectivity index (χ3n) is 7.13. The van der Waals surface area contributed by atoms with E-state index in [1.807, 2.05) is 18.2 Å². The van der Waals surface area contributed by atoms with Gasteiger partial charge in [-0.05, 0) is 86.0 Å². The molecule has 5 aromatic rings. The molecular weight excluding hydrogens is 432 g/mol. The Hall–Kier alpha value is -3.61. The van der Waals surface area contributed by atoms with Crippen molar-refractivity contribution in [1.29, 1.82) is 0 Å². The first-order valence-electron chi connectivity index (χ1n) is 11.7. The van der Waals surface area contributed by atoms with Crippen LogP contribution in [0, 0.1) is 0 Å². The van der Waals surface area contributed by atoms with Crippen molar-refractivity contribution >= 4 is 11.6 Å². The summed E-state index contributed by atoms with van der Waals surface area (Å²) in [6, 6.07) is 41.3. The highest BCUT2D eigenvalue weighted by Crippen LogP contribution is 2.49. The quantitative estimate of drug-likeness (QED) is 0.253. The van der Waals surface area contributed by atoms with Crippen LogP contribution >= 0.6 is 11.6 Å². The second-order valence-corrected chi connectivity index (χ2v) is 10.0. The van der Waals surface area contributed by atoms with Crippen molar-refractivity contribution in [3.63, 3.8) is 0 Å². The smallest absolute Gasteiger partial charge is 0.0412 e. The van der Waals surface area contributed by atoms with Crippen LogP contribution in [-0.2, 0) is 5.41 Å². The molecule has 0 bridgehead atoms. The molecule has 0 spiro atoms. The zero-order chi connectivity index (χ0) is 23.3. The van der Waals surface area contributed by atoms with Gasteiger partial charge in [0.2, 0.25) is 0 Å². The molecule has 0 fully saturated rings. The minimum Gasteiger partial charge on any atom is -0.0843 e. The Morgan fingerprint density at radius 1 is 0.441 bits per heavy atom. The lowest BCUT2D eigenvalue weighted by Crippen LogP contribution is -2.14. The molecule has 1 heteroatoms. The molecular formula is C33H25Cl. The topological polar surface area (TPSA) is 0 Å². The average Bonchev–Trinajstić information content (AvgIpc) is 3.11. The zero-order valence-electron chi connectivity index (χ0n) is 19.3. The standard InChI is InChI=1S/C33H25Cl/c1-33(2)31-15-4-3-14-29(31)30-17-16-27(21-32(30)33)25-11-6-9-23(19-25)22-8-5-10-24(18-22)26-12-7-13-28(34)20-26/h3-21H,1-2H3. The van der Waals surface area contributed by atoms with Crippen LogP contribution in [0.4, 0.5) is 0 Å². The predicted octanol–water partition coefficient (Wildman–Crippen LogP) is 9.65. The van der Waals surface area contributed by atoms with Gasteiger partial charge in [-0.25, -0.2) is 0 Å². The van der Waals surface area contributed by atoms with E-state index in [0.29, 0.717) is 0 Å². The molecule has 0 saturated carbocycles. The van der Waals surface area contributed by atoms with Gasteiger partial charge in [0.1, 0.15) is 0 Å². The fourth-order valence-electron chi connectivity index (χ4n) is 5.31. The van der Waals surface area contributed by atoms with Gasteiger partial charge < -0.3 is 0 Å². The molecule has 34 heavy (non-hydrogen) atoms. The summed E-state index contributed by atoms with van der Waals surface area (Å²) < 4.78 is 0. The molecule has 0 unspecified atom stereocenters. The van der Waals surface area contributed by atoms with Crippen molar-refractivity contribution < 1.29 is 0 Å². The molecule has 1 aliphatic rings. The predicted molar refractivity (Wildman–Crippen MR) is 145 cm³/mol. The van der Waals surface area contributed by atoms with Gasteiger partial charge >= 0.3 is 0 Å². The summed E-state index contributed by atoms with van der Waals surface area (Å²) in [7, 11) is 0. The maximum absolute atomic E-state index is 6.23. The first kappa shape index (κ1) is 21.0. The van der Waals surface area contributed by atoms with Crippen molar-refractivity contribution in [3.05, 3.63) is 131 Å². The lowest BCUT2D eigenvalue weighted by molar-refractivity contribution is 0.660. The van der Waals surface area contributed by atoms with Gasteiger partial charge in [0.15, 0.2) is 0 Å². The van der Waals surface area contributed by atoms with E-state index in [0.717, 1.165) is 10.6 Å². The molecule has 5 aromatic carbocycles. The summed E-state index contributed by atoms with van der Waals surface area (Å²) in [5, 5.41) is 0.756. The van der Waals surface area contributed by atoms with Gasteiger partial charge in [-0.2, -0.15) is 0 Å². The summed E-state index contributed by atoms with van der Waals surface area (Å²) in [4.78, 5) is 0. The average molecular weight is 457 g/mol. The van der Waals surface area contributed by atoms with Crippen molar-refractivity contribution in [1.82, 2.24) is 0 Å². The van der Waals surface area contributed by atoms with E-state index in [4.69, 9.17) is 11.6 Å². The van der Waals surface area contributed by atoms with E-state index >= 15 is 0 Å². The number of rotatable bonds is 3. The highest BCUT2D eigenvalue weighted by molar-refractivity contribution is 6.30. The Morgan fingerprint density at radius 2 is 0.941 bits per heavy atom. The van der Waals surface area contributed by atoms with Crippen molar-refractivity contribution in [2.75, 3.05) is 0 Å². The maximum Gasteiger partial charge on any atom is 0.0412 e. The lowest BCUT2D eigenvalue weighted by atomic mass is 9.81. The van der Waals surface area contributed by atoms with Crippen molar-refractivity contribution in [2.24, 2.45) is 0 Å². The fraction of sp³-hybridized carbons (Fsp3) is 0.0909. The first-order valence-corrected chi connectivity index (χ1v) is 12.1. The zero-order valence-corrected chi connectivity index (χ0v) is 20.1. The Bertz CT molecular complexity index is 1540. The van der Waals surface area contributed by atoms with Gasteiger partial charge in [0, 0.05) is 10.4 Å². The van der Waals surface area contributed by atoms with Crippen LogP contribution in [0.3, 0.4) is 0 Å². The van der Waals surface area contributed by atoms with E-state index in [1.165, 1.54) is 50.1 Å². The Labute approximate surface area is 206 Å². The SMILES string of the molecule is CC1(C)c2ccccc2-c2ccc(-c3cccc(-c4cccc(-c5cccc(Cl)c5)c4)c3)cc21. The van der Waals surface area contributed by atoms with E-state index in [2.05, 4.69) is 111 Å². The molecule has 6 rings (SSSR count). The summed E-state index contributed by atoms with van der Waals surface area (Å²) in [6.07, 6.45) is 0. The highest BCUT2D eigenvalue weighted by Gasteiger charge is 2.35. The molecule has 0 N–H and O–H groups in total. The van der Waals surface area contributed by atoms with E-state index in [-0.39, 0.29) is 5.41 Å². The molecule has 0 nitrogen and oxygen atoms in total. The van der Waals surface area contributed by atoms with Crippen molar-refractivity contribution in [3.8, 4) is 44.5 Å². The van der Waals surface area contributed by atoms with Gasteiger partial charge in [-0.3, -0.25) is 0 Å². The summed E-state index contributed by atoms with van der Waals surface area (Å²) in [6.45, 7) is 4.67. The van der Waals surface area contributed by atoms with Crippen LogP contribution in [0.5, 0.6) is 0 Å².